The van der Waals surface area contributed by atoms with Crippen molar-refractivity contribution < 1.29 is 28.7 Å². The Morgan fingerprint density at radius 3 is 1.41 bits per heavy atom. The van der Waals surface area contributed by atoms with E-state index in [1.54, 1.807) is 0 Å². The molecule has 8 nitrogen and oxygen atoms in total. The molecule has 0 unspecified atom stereocenters. The third kappa shape index (κ3) is 7.22. The Morgan fingerprint density at radius 2 is 1.18 bits per heavy atom. The van der Waals surface area contributed by atoms with Crippen LogP contribution in [0.1, 0.15) is 13.8 Å². The molecular weight excluding hydrogens is 292 g/mol. The molecule has 0 saturated carbocycles. The van der Waals surface area contributed by atoms with E-state index in [1.807, 2.05) is 0 Å². The molecule has 2 atom stereocenters. The van der Waals surface area contributed by atoms with Crippen molar-refractivity contribution in [3.8, 4) is 0 Å². The van der Waals surface area contributed by atoms with Gasteiger partial charge in [-0.15, -0.1) is 13.2 Å². The summed E-state index contributed by atoms with van der Waals surface area (Å²) >= 11 is 0. The Hall–Kier alpha value is -2.64. The minimum absolute atomic E-state index is 0.0949. The molecule has 0 heterocycles. The molecule has 0 aliphatic carbocycles. The Morgan fingerprint density at radius 1 is 0.864 bits per heavy atom. The number of nitrogens with one attached hydrogen (secondary N) is 2. The number of hydrogen-bond donors (Lipinski definition) is 2. The van der Waals surface area contributed by atoms with Crippen molar-refractivity contribution in [2.75, 3.05) is 13.1 Å². The number of esters is 2. The maximum Gasteiger partial charge on any atom is 0.303 e. The highest BCUT2D eigenvalue weighted by molar-refractivity contribution is 5.93. The van der Waals surface area contributed by atoms with Gasteiger partial charge in [-0.25, -0.2) is 0 Å². The van der Waals surface area contributed by atoms with Crippen LogP contribution in [-0.2, 0) is 28.7 Å². The fourth-order valence-corrected chi connectivity index (χ4v) is 1.41. The van der Waals surface area contributed by atoms with Crippen LogP contribution in [0.5, 0.6) is 0 Å². The molecule has 0 rings (SSSR count). The molecule has 0 spiro atoms. The van der Waals surface area contributed by atoms with Crippen LogP contribution >= 0.6 is 0 Å². The van der Waals surface area contributed by atoms with Crippen LogP contribution in [0.2, 0.25) is 0 Å². The van der Waals surface area contributed by atoms with Crippen molar-refractivity contribution >= 4 is 23.8 Å². The van der Waals surface area contributed by atoms with Gasteiger partial charge in [-0.2, -0.15) is 0 Å². The first kappa shape index (κ1) is 19.4. The number of carbonyl (C=O) groups is 4. The van der Waals surface area contributed by atoms with E-state index in [2.05, 4.69) is 23.8 Å². The fraction of sp³-hybridized carbons (Fsp3) is 0.429. The molecule has 0 aromatic carbocycles. The standard InChI is InChI=1S/C14H20N2O6/c1-5-7-15-13(19)11(21-9(3)17)12(22-10(4)18)14(20)16-8-6-2/h5-6,11-12H,1-2,7-8H2,3-4H3,(H,15,19)(H,16,20)/t11-,12-/m1/s1. The zero-order valence-electron chi connectivity index (χ0n) is 12.6. The molecule has 0 aromatic rings. The summed E-state index contributed by atoms with van der Waals surface area (Å²) < 4.78 is 9.65. The summed E-state index contributed by atoms with van der Waals surface area (Å²) in [6.07, 6.45) is -0.403. The predicted octanol–water partition coefficient (Wildman–Crippen LogP) is -0.546. The number of carbonyl (C=O) groups excluding carboxylic acids is 4. The summed E-state index contributed by atoms with van der Waals surface area (Å²) in [4.78, 5) is 46.3. The molecule has 122 valence electrons. The summed E-state index contributed by atoms with van der Waals surface area (Å²) in [5.74, 6) is -3.16. The van der Waals surface area contributed by atoms with E-state index in [0.29, 0.717) is 0 Å². The van der Waals surface area contributed by atoms with Crippen molar-refractivity contribution in [2.24, 2.45) is 0 Å². The van der Waals surface area contributed by atoms with Crippen LogP contribution in [-0.4, -0.2) is 49.1 Å². The highest BCUT2D eigenvalue weighted by Crippen LogP contribution is 2.07. The number of ether oxygens (including phenoxy) is 2. The minimum Gasteiger partial charge on any atom is -0.448 e. The topological polar surface area (TPSA) is 111 Å². The molecular formula is C14H20N2O6. The van der Waals surface area contributed by atoms with Gasteiger partial charge in [0.1, 0.15) is 0 Å². The lowest BCUT2D eigenvalue weighted by Crippen LogP contribution is -2.53. The van der Waals surface area contributed by atoms with Gasteiger partial charge in [-0.05, 0) is 0 Å². The molecule has 0 fully saturated rings. The van der Waals surface area contributed by atoms with Gasteiger partial charge < -0.3 is 20.1 Å². The first-order valence-corrected chi connectivity index (χ1v) is 6.45. The van der Waals surface area contributed by atoms with Crippen LogP contribution in [0.25, 0.3) is 0 Å². The zero-order valence-corrected chi connectivity index (χ0v) is 12.6. The summed E-state index contributed by atoms with van der Waals surface area (Å²) in [5, 5.41) is 4.75. The van der Waals surface area contributed by atoms with Gasteiger partial charge in [0.2, 0.25) is 12.2 Å². The third-order valence-corrected chi connectivity index (χ3v) is 2.22. The highest BCUT2D eigenvalue weighted by atomic mass is 16.6. The molecule has 8 heteroatoms. The monoisotopic (exact) mass is 312 g/mol. The van der Waals surface area contributed by atoms with Gasteiger partial charge in [0.15, 0.2) is 0 Å². The Kier molecular flexibility index (Phi) is 8.92. The van der Waals surface area contributed by atoms with Crippen LogP contribution < -0.4 is 10.6 Å². The number of amides is 2. The molecule has 0 aliphatic rings. The van der Waals surface area contributed by atoms with Gasteiger partial charge in [0.05, 0.1) is 0 Å². The van der Waals surface area contributed by atoms with Crippen LogP contribution in [0.3, 0.4) is 0 Å². The Labute approximate surface area is 128 Å². The summed E-state index contributed by atoms with van der Waals surface area (Å²) in [5.41, 5.74) is 0. The molecule has 0 saturated heterocycles. The smallest absolute Gasteiger partial charge is 0.303 e. The Bertz CT molecular complexity index is 418. The normalized spacial score (nSPS) is 12.3. The lowest BCUT2D eigenvalue weighted by molar-refractivity contribution is -0.174. The quantitative estimate of drug-likeness (QED) is 0.437. The number of hydrogen-bond acceptors (Lipinski definition) is 6. The van der Waals surface area contributed by atoms with E-state index in [-0.39, 0.29) is 13.1 Å². The molecule has 0 radical (unpaired) electrons. The van der Waals surface area contributed by atoms with Crippen molar-refractivity contribution in [1.29, 1.82) is 0 Å². The summed E-state index contributed by atoms with van der Waals surface area (Å²) in [7, 11) is 0. The second-order valence-corrected chi connectivity index (χ2v) is 4.13. The van der Waals surface area contributed by atoms with Gasteiger partial charge in [0, 0.05) is 26.9 Å². The van der Waals surface area contributed by atoms with Crippen molar-refractivity contribution in [1.82, 2.24) is 10.6 Å². The molecule has 22 heavy (non-hydrogen) atoms. The lowest BCUT2D eigenvalue weighted by Gasteiger charge is -2.24. The first-order valence-electron chi connectivity index (χ1n) is 6.45. The largest absolute Gasteiger partial charge is 0.448 e. The molecule has 0 bridgehead atoms. The third-order valence-electron chi connectivity index (χ3n) is 2.22. The van der Waals surface area contributed by atoms with Gasteiger partial charge in [-0.1, -0.05) is 12.2 Å². The van der Waals surface area contributed by atoms with E-state index < -0.39 is 36.0 Å². The second kappa shape index (κ2) is 10.1. The van der Waals surface area contributed by atoms with Crippen molar-refractivity contribution in [3.63, 3.8) is 0 Å². The molecule has 2 N–H and O–H groups in total. The van der Waals surface area contributed by atoms with Crippen LogP contribution in [0.4, 0.5) is 0 Å². The second-order valence-electron chi connectivity index (χ2n) is 4.13. The van der Waals surface area contributed by atoms with E-state index in [9.17, 15) is 19.2 Å². The lowest BCUT2D eigenvalue weighted by atomic mass is 10.1. The molecule has 0 aliphatic heterocycles. The van der Waals surface area contributed by atoms with Gasteiger partial charge in [-0.3, -0.25) is 19.2 Å². The molecule has 0 aromatic heterocycles. The van der Waals surface area contributed by atoms with E-state index >= 15 is 0 Å². The fourth-order valence-electron chi connectivity index (χ4n) is 1.41. The average Bonchev–Trinajstić information content (AvgIpc) is 2.45. The van der Waals surface area contributed by atoms with Crippen molar-refractivity contribution in [2.45, 2.75) is 26.1 Å². The first-order chi connectivity index (χ1) is 10.3. The average molecular weight is 312 g/mol. The predicted molar refractivity (Wildman–Crippen MR) is 77.5 cm³/mol. The Balaban J connectivity index is 5.30. The van der Waals surface area contributed by atoms with E-state index in [1.165, 1.54) is 12.2 Å². The van der Waals surface area contributed by atoms with Gasteiger partial charge in [0.25, 0.3) is 11.8 Å². The molecule has 2 amide bonds. The van der Waals surface area contributed by atoms with Crippen LogP contribution in [0, 0.1) is 0 Å². The van der Waals surface area contributed by atoms with E-state index in [0.717, 1.165) is 13.8 Å². The minimum atomic E-state index is -1.61. The maximum absolute atomic E-state index is 12.0. The maximum atomic E-state index is 12.0. The SMILES string of the molecule is C=CCNC(=O)[C@H](OC(C)=O)[C@@H](OC(C)=O)C(=O)NCC=C. The van der Waals surface area contributed by atoms with Crippen LogP contribution in [0.15, 0.2) is 25.3 Å². The highest BCUT2D eigenvalue weighted by Gasteiger charge is 2.38. The number of rotatable bonds is 9. The zero-order chi connectivity index (χ0) is 17.1. The van der Waals surface area contributed by atoms with E-state index in [4.69, 9.17) is 9.47 Å². The summed E-state index contributed by atoms with van der Waals surface area (Å²) in [6, 6.07) is 0. The van der Waals surface area contributed by atoms with Crippen molar-refractivity contribution in [3.05, 3.63) is 25.3 Å². The van der Waals surface area contributed by atoms with Gasteiger partial charge >= 0.3 is 11.9 Å². The summed E-state index contributed by atoms with van der Waals surface area (Å²) in [6.45, 7) is 9.18.